The highest BCUT2D eigenvalue weighted by molar-refractivity contribution is 5.70. The molecule has 0 aliphatic carbocycles. The van der Waals surface area contributed by atoms with Crippen LogP contribution in [0, 0.1) is 0 Å². The summed E-state index contributed by atoms with van der Waals surface area (Å²) in [6, 6.07) is 5.99. The number of benzene rings is 1. The average Bonchev–Trinajstić information content (AvgIpc) is 3.46. The van der Waals surface area contributed by atoms with E-state index in [4.69, 9.17) is 14.5 Å². The second-order valence-electron chi connectivity index (χ2n) is 10.3. The number of piperazine rings is 1. The van der Waals surface area contributed by atoms with Crippen LogP contribution < -0.4 is 10.5 Å². The van der Waals surface area contributed by atoms with Crippen molar-refractivity contribution in [2.75, 3.05) is 31.1 Å². The quantitative estimate of drug-likeness (QED) is 0.572. The molecule has 0 unspecified atom stereocenters. The third-order valence-corrected chi connectivity index (χ3v) is 6.67. The molecule has 2 aliphatic rings. The molecule has 1 saturated heterocycles. The van der Waals surface area contributed by atoms with Gasteiger partial charge >= 0.3 is 6.09 Å². The highest BCUT2D eigenvalue weighted by atomic mass is 16.6. The van der Waals surface area contributed by atoms with Crippen LogP contribution in [-0.2, 0) is 35.7 Å². The zero-order valence-corrected chi connectivity index (χ0v) is 21.3. The third kappa shape index (κ3) is 4.35. The van der Waals surface area contributed by atoms with Gasteiger partial charge in [-0.15, -0.1) is 0 Å². The lowest BCUT2D eigenvalue weighted by molar-refractivity contribution is 0.0240. The van der Waals surface area contributed by atoms with E-state index >= 15 is 0 Å². The van der Waals surface area contributed by atoms with Gasteiger partial charge in [0, 0.05) is 37.4 Å². The van der Waals surface area contributed by atoms with Crippen LogP contribution in [0.2, 0.25) is 0 Å². The molecule has 4 heterocycles. The van der Waals surface area contributed by atoms with E-state index in [0.717, 1.165) is 22.4 Å². The second-order valence-corrected chi connectivity index (χ2v) is 10.3. The predicted molar refractivity (Wildman–Crippen MR) is 135 cm³/mol. The Bertz CT molecular complexity index is 1360. The first-order valence-corrected chi connectivity index (χ1v) is 12.4. The largest absolute Gasteiger partial charge is 0.444 e. The number of nitrogens with one attached hydrogen (secondary N) is 1. The minimum Gasteiger partial charge on any atom is -0.444 e. The monoisotopic (exact) mass is 495 g/mol. The summed E-state index contributed by atoms with van der Waals surface area (Å²) >= 11 is 0. The number of aromatic amines is 1. The number of ether oxygens (including phenoxy) is 2. The maximum atomic E-state index is 13.8. The molecule has 0 spiro atoms. The van der Waals surface area contributed by atoms with Crippen molar-refractivity contribution in [2.45, 2.75) is 59.5 Å². The molecule has 1 amide bonds. The Kier molecular flexibility index (Phi) is 6.25. The number of hydrogen-bond acceptors (Lipinski definition) is 7. The molecule has 10 nitrogen and oxygen atoms in total. The molecule has 0 saturated carbocycles. The maximum Gasteiger partial charge on any atom is 0.410 e. The first-order valence-electron chi connectivity index (χ1n) is 12.4. The Labute approximate surface area is 209 Å². The number of anilines is 1. The number of hydrogen-bond donors (Lipinski definition) is 2. The zero-order valence-electron chi connectivity index (χ0n) is 21.3. The summed E-state index contributed by atoms with van der Waals surface area (Å²) in [6.45, 7) is 10.2. The minimum atomic E-state index is -0.558. The van der Waals surface area contributed by atoms with Crippen molar-refractivity contribution in [3.05, 3.63) is 51.1 Å². The van der Waals surface area contributed by atoms with Gasteiger partial charge in [0.1, 0.15) is 11.3 Å². The molecule has 0 bridgehead atoms. The number of imidazole rings is 1. The average molecular weight is 496 g/mol. The number of rotatable bonds is 4. The van der Waals surface area contributed by atoms with Crippen molar-refractivity contribution < 1.29 is 19.4 Å². The molecule has 36 heavy (non-hydrogen) atoms. The Hall–Kier alpha value is -3.37. The summed E-state index contributed by atoms with van der Waals surface area (Å²) < 4.78 is 12.5. The first kappa shape index (κ1) is 24.3. The van der Waals surface area contributed by atoms with E-state index in [2.05, 4.69) is 4.98 Å². The summed E-state index contributed by atoms with van der Waals surface area (Å²) in [6.07, 6.45) is 0.268. The van der Waals surface area contributed by atoms with Gasteiger partial charge in [0.05, 0.1) is 31.2 Å². The molecular formula is C26H33N5O5. The highest BCUT2D eigenvalue weighted by Crippen LogP contribution is 2.30. The summed E-state index contributed by atoms with van der Waals surface area (Å²) in [5.41, 5.74) is 4.65. The van der Waals surface area contributed by atoms with Crippen LogP contribution >= 0.6 is 0 Å². The van der Waals surface area contributed by atoms with Crippen LogP contribution in [0.15, 0.2) is 23.0 Å². The van der Waals surface area contributed by atoms with Gasteiger partial charge in [0.15, 0.2) is 0 Å². The van der Waals surface area contributed by atoms with Crippen molar-refractivity contribution >= 4 is 17.6 Å². The number of nitrogens with zero attached hydrogens (tertiary/aromatic N) is 4. The fourth-order valence-corrected chi connectivity index (χ4v) is 4.90. The molecule has 5 rings (SSSR count). The predicted octanol–water partition coefficient (Wildman–Crippen LogP) is 2.83. The number of fused-ring (bicyclic) bond motifs is 2. The van der Waals surface area contributed by atoms with Gasteiger partial charge in [-0.1, -0.05) is 19.1 Å². The van der Waals surface area contributed by atoms with Crippen LogP contribution in [0.1, 0.15) is 50.2 Å². The number of amides is 1. The van der Waals surface area contributed by atoms with E-state index in [1.807, 2.05) is 50.8 Å². The van der Waals surface area contributed by atoms with Gasteiger partial charge in [-0.05, 0) is 44.4 Å². The van der Waals surface area contributed by atoms with Crippen molar-refractivity contribution in [1.29, 1.82) is 0 Å². The molecule has 10 heteroatoms. The number of carbonyl (C=O) groups excluding carboxylic acids is 1. The Balaban J connectivity index is 1.50. The molecule has 2 aromatic heterocycles. The molecule has 1 aromatic carbocycles. The Morgan fingerprint density at radius 2 is 1.89 bits per heavy atom. The zero-order chi connectivity index (χ0) is 25.6. The number of carbonyl (C=O) groups is 1. The van der Waals surface area contributed by atoms with Gasteiger partial charge in [0.25, 0.3) is 5.56 Å². The van der Waals surface area contributed by atoms with Crippen LogP contribution in [0.25, 0.3) is 17.0 Å². The van der Waals surface area contributed by atoms with Gasteiger partial charge in [-0.25, -0.2) is 14.2 Å². The van der Waals surface area contributed by atoms with Gasteiger partial charge in [-0.2, -0.15) is 0 Å². The van der Waals surface area contributed by atoms with E-state index in [9.17, 15) is 14.7 Å². The first-order chi connectivity index (χ1) is 17.2. The van der Waals surface area contributed by atoms with Crippen LogP contribution in [-0.4, -0.2) is 62.2 Å². The number of aliphatic hydroxyl groups is 1. The van der Waals surface area contributed by atoms with Crippen molar-refractivity contribution in [2.24, 2.45) is 0 Å². The van der Waals surface area contributed by atoms with Crippen LogP contribution in [0.5, 0.6) is 0 Å². The van der Waals surface area contributed by atoms with Gasteiger partial charge < -0.3 is 29.4 Å². The topological polar surface area (TPSA) is 112 Å². The molecule has 3 aromatic rings. The number of aromatic nitrogens is 3. The van der Waals surface area contributed by atoms with Crippen molar-refractivity contribution in [3.8, 4) is 11.3 Å². The third-order valence-electron chi connectivity index (χ3n) is 6.67. The lowest BCUT2D eigenvalue weighted by atomic mass is 10.0. The van der Waals surface area contributed by atoms with Crippen LogP contribution in [0.4, 0.5) is 10.5 Å². The number of aryl methyl sites for hydroxylation is 1. The fraction of sp³-hybridized carbons (Fsp3) is 0.500. The standard InChI is InChI=1S/C26H33N5O5/c1-5-19-22(29-8-10-30(11-9-29)25(34)36-26(2,3)4)23(33)31-20(13-32)21(28-24(31)27-19)16-6-7-17-14-35-15-18(17)12-16/h6-7,12,32H,5,8-11,13-15H2,1-4H3,(H,27,28). The van der Waals surface area contributed by atoms with E-state index < -0.39 is 5.60 Å². The normalized spacial score (nSPS) is 16.0. The van der Waals surface area contributed by atoms with Crippen molar-refractivity contribution in [1.82, 2.24) is 19.3 Å². The number of H-pyrrole nitrogens is 1. The molecule has 1 fully saturated rings. The lowest BCUT2D eigenvalue weighted by Crippen LogP contribution is -2.51. The maximum absolute atomic E-state index is 13.8. The van der Waals surface area contributed by atoms with E-state index in [0.29, 0.717) is 68.7 Å². The summed E-state index contributed by atoms with van der Waals surface area (Å²) in [7, 11) is 0. The fourth-order valence-electron chi connectivity index (χ4n) is 4.90. The molecule has 2 N–H and O–H groups in total. The molecule has 0 atom stereocenters. The lowest BCUT2D eigenvalue weighted by Gasteiger charge is -2.37. The Morgan fingerprint density at radius 3 is 2.56 bits per heavy atom. The van der Waals surface area contributed by atoms with Crippen LogP contribution in [0.3, 0.4) is 0 Å². The van der Waals surface area contributed by atoms with E-state index in [-0.39, 0.29) is 18.3 Å². The SMILES string of the molecule is CCc1[nH]c2nc(-c3ccc4c(c3)COC4)c(CO)n2c(=O)c1N1CCN(C(=O)OC(C)(C)C)CC1. The van der Waals surface area contributed by atoms with E-state index in [1.165, 1.54) is 4.40 Å². The Morgan fingerprint density at radius 1 is 1.17 bits per heavy atom. The van der Waals surface area contributed by atoms with E-state index in [1.54, 1.807) is 4.90 Å². The molecule has 192 valence electrons. The minimum absolute atomic E-state index is 0.224. The van der Waals surface area contributed by atoms with Gasteiger partial charge in [0.2, 0.25) is 5.78 Å². The molecular weight excluding hydrogens is 462 g/mol. The molecule has 0 radical (unpaired) electrons. The van der Waals surface area contributed by atoms with Gasteiger partial charge in [-0.3, -0.25) is 4.79 Å². The van der Waals surface area contributed by atoms with Crippen molar-refractivity contribution in [3.63, 3.8) is 0 Å². The highest BCUT2D eigenvalue weighted by Gasteiger charge is 2.29. The molecule has 2 aliphatic heterocycles. The summed E-state index contributed by atoms with van der Waals surface area (Å²) in [4.78, 5) is 38.1. The smallest absolute Gasteiger partial charge is 0.410 e. The number of aliphatic hydroxyl groups excluding tert-OH is 1. The summed E-state index contributed by atoms with van der Waals surface area (Å²) in [5.74, 6) is 0.406. The second kappa shape index (κ2) is 9.25. The summed E-state index contributed by atoms with van der Waals surface area (Å²) in [5, 5.41) is 10.3.